The van der Waals surface area contributed by atoms with Gasteiger partial charge in [0.15, 0.2) is 0 Å². The average molecular weight is 216 g/mol. The van der Waals surface area contributed by atoms with Crippen LogP contribution in [0.1, 0.15) is 20.3 Å². The first-order valence-electron chi connectivity index (χ1n) is 3.42. The molecule has 0 bridgehead atoms. The van der Waals surface area contributed by atoms with Crippen LogP contribution in [0.2, 0.25) is 0 Å². The Bertz CT molecular complexity index is 200. The van der Waals surface area contributed by atoms with Crippen molar-refractivity contribution in [1.82, 2.24) is 0 Å². The Labute approximate surface area is 81.0 Å². The zero-order chi connectivity index (χ0) is 8.86. The van der Waals surface area contributed by atoms with Gasteiger partial charge in [0.25, 0.3) is 0 Å². The first kappa shape index (κ1) is 9.63. The number of hydrogen-bond donors (Lipinski definition) is 0. The van der Waals surface area contributed by atoms with Crippen LogP contribution in [0.5, 0.6) is 0 Å². The lowest BCUT2D eigenvalue weighted by Crippen LogP contribution is -2.23. The second-order valence-corrected chi connectivity index (χ2v) is 5.11. The molecule has 1 saturated carbocycles. The largest absolute Gasteiger partial charge is 0.281 e. The van der Waals surface area contributed by atoms with E-state index in [0.29, 0.717) is 6.42 Å². The monoisotopic (exact) mass is 214 g/mol. The molecule has 0 spiro atoms. The minimum absolute atomic E-state index is 0.0995. The molecule has 64 valence electrons. The number of carbonyl (C=O) groups is 1. The van der Waals surface area contributed by atoms with E-state index in [1.165, 1.54) is 0 Å². The molecule has 0 N–H and O–H groups in total. The van der Waals surface area contributed by atoms with E-state index in [1.807, 2.05) is 13.8 Å². The minimum Gasteiger partial charge on any atom is -0.281 e. The van der Waals surface area contributed by atoms with Gasteiger partial charge >= 0.3 is 0 Å². The van der Waals surface area contributed by atoms with Crippen LogP contribution >= 0.6 is 34.8 Å². The number of carbonyl (C=O) groups excluding carboxylic acids is 1. The van der Waals surface area contributed by atoms with Crippen molar-refractivity contribution in [1.29, 1.82) is 0 Å². The third-order valence-corrected chi connectivity index (χ3v) is 3.64. The lowest BCUT2D eigenvalue weighted by molar-refractivity contribution is -0.117. The van der Waals surface area contributed by atoms with Gasteiger partial charge in [-0.2, -0.15) is 0 Å². The fourth-order valence-electron chi connectivity index (χ4n) is 1.37. The molecule has 1 atom stereocenters. The Balaban J connectivity index is 2.88. The summed E-state index contributed by atoms with van der Waals surface area (Å²) in [5.41, 5.74) is -0.697. The number of alkyl halides is 2. The molecule has 0 saturated heterocycles. The maximum absolute atomic E-state index is 11.0. The number of hydrogen-bond acceptors (Lipinski definition) is 1. The van der Waals surface area contributed by atoms with Gasteiger partial charge in [-0.3, -0.25) is 4.79 Å². The van der Waals surface area contributed by atoms with Crippen LogP contribution < -0.4 is 0 Å². The third-order valence-electron chi connectivity index (χ3n) is 2.36. The minimum atomic E-state index is -0.931. The fraction of sp³-hybridized carbons (Fsp3) is 0.857. The Morgan fingerprint density at radius 3 is 1.82 bits per heavy atom. The normalized spacial score (nSPS) is 34.0. The maximum atomic E-state index is 11.0. The molecular formula is C7H9Cl3O. The van der Waals surface area contributed by atoms with Crippen molar-refractivity contribution in [3.63, 3.8) is 0 Å². The van der Waals surface area contributed by atoms with Gasteiger partial charge in [0.1, 0.15) is 4.33 Å². The van der Waals surface area contributed by atoms with Crippen LogP contribution in [-0.4, -0.2) is 9.58 Å². The Hall–Kier alpha value is 0.540. The molecule has 0 unspecified atom stereocenters. The maximum Gasteiger partial charge on any atom is 0.231 e. The second-order valence-electron chi connectivity index (χ2n) is 3.28. The molecule has 0 aromatic carbocycles. The Morgan fingerprint density at radius 1 is 1.45 bits per heavy atom. The van der Waals surface area contributed by atoms with Crippen LogP contribution in [0.15, 0.2) is 0 Å². The molecule has 1 fully saturated rings. The Morgan fingerprint density at radius 2 is 1.82 bits per heavy atom. The first-order chi connectivity index (χ1) is 4.84. The van der Waals surface area contributed by atoms with Crippen molar-refractivity contribution >= 4 is 40.0 Å². The molecular weight excluding hydrogens is 206 g/mol. The highest BCUT2D eigenvalue weighted by molar-refractivity contribution is 6.68. The van der Waals surface area contributed by atoms with Crippen LogP contribution in [0.4, 0.5) is 0 Å². The molecule has 1 nitrogen and oxygen atoms in total. The highest BCUT2D eigenvalue weighted by Crippen LogP contribution is 2.68. The first-order valence-corrected chi connectivity index (χ1v) is 4.56. The SMILES string of the molecule is CC(C)[C@@]1(C(=O)Cl)CC1(Cl)Cl. The summed E-state index contributed by atoms with van der Waals surface area (Å²) in [7, 11) is 0. The van der Waals surface area contributed by atoms with Crippen molar-refractivity contribution in [2.45, 2.75) is 24.6 Å². The van der Waals surface area contributed by atoms with E-state index in [-0.39, 0.29) is 5.92 Å². The van der Waals surface area contributed by atoms with Crippen LogP contribution in [-0.2, 0) is 4.79 Å². The number of halogens is 3. The summed E-state index contributed by atoms with van der Waals surface area (Å²) in [6.07, 6.45) is 0.475. The predicted octanol–water partition coefficient (Wildman–Crippen LogP) is 2.97. The molecule has 0 amide bonds. The second kappa shape index (κ2) is 2.51. The van der Waals surface area contributed by atoms with Crippen molar-refractivity contribution in [2.75, 3.05) is 0 Å². The quantitative estimate of drug-likeness (QED) is 0.511. The van der Waals surface area contributed by atoms with Crippen molar-refractivity contribution in [2.24, 2.45) is 11.3 Å². The highest BCUT2D eigenvalue weighted by Gasteiger charge is 2.71. The van der Waals surface area contributed by atoms with Gasteiger partial charge in [0.2, 0.25) is 5.24 Å². The van der Waals surface area contributed by atoms with Gasteiger partial charge in [-0.15, -0.1) is 23.2 Å². The molecule has 0 aliphatic heterocycles. The summed E-state index contributed by atoms with van der Waals surface area (Å²) in [5.74, 6) is 0.0995. The molecule has 4 heteroatoms. The fourth-order valence-corrected chi connectivity index (χ4v) is 2.95. The highest BCUT2D eigenvalue weighted by atomic mass is 35.5. The summed E-state index contributed by atoms with van der Waals surface area (Å²) >= 11 is 17.0. The predicted molar refractivity (Wildman–Crippen MR) is 47.2 cm³/mol. The van der Waals surface area contributed by atoms with Gasteiger partial charge in [-0.25, -0.2) is 0 Å². The lowest BCUT2D eigenvalue weighted by atomic mass is 9.94. The van der Waals surface area contributed by atoms with Gasteiger partial charge < -0.3 is 0 Å². The van der Waals surface area contributed by atoms with E-state index in [1.54, 1.807) is 0 Å². The zero-order valence-electron chi connectivity index (χ0n) is 6.33. The van der Waals surface area contributed by atoms with Crippen LogP contribution in [0.25, 0.3) is 0 Å². The van der Waals surface area contributed by atoms with Gasteiger partial charge in [0.05, 0.1) is 5.41 Å². The zero-order valence-corrected chi connectivity index (χ0v) is 8.59. The molecule has 0 aromatic rings. The summed E-state index contributed by atoms with van der Waals surface area (Å²) in [6.45, 7) is 3.79. The molecule has 1 aliphatic rings. The van der Waals surface area contributed by atoms with E-state index < -0.39 is 15.0 Å². The molecule has 1 rings (SSSR count). The van der Waals surface area contributed by atoms with E-state index >= 15 is 0 Å². The smallest absolute Gasteiger partial charge is 0.231 e. The van der Waals surface area contributed by atoms with Crippen LogP contribution in [0, 0.1) is 11.3 Å². The third kappa shape index (κ3) is 1.18. The van der Waals surface area contributed by atoms with Crippen LogP contribution in [0.3, 0.4) is 0 Å². The summed E-state index contributed by atoms with van der Waals surface area (Å²) in [4.78, 5) is 11.0. The average Bonchev–Trinajstić information content (AvgIpc) is 2.35. The lowest BCUT2D eigenvalue weighted by Gasteiger charge is -2.16. The molecule has 1 aliphatic carbocycles. The topological polar surface area (TPSA) is 17.1 Å². The van der Waals surface area contributed by atoms with Gasteiger partial charge in [-0.1, -0.05) is 13.8 Å². The number of rotatable bonds is 2. The van der Waals surface area contributed by atoms with Gasteiger partial charge in [0, 0.05) is 0 Å². The molecule has 0 heterocycles. The molecule has 11 heavy (non-hydrogen) atoms. The van der Waals surface area contributed by atoms with Crippen molar-refractivity contribution in [3.8, 4) is 0 Å². The van der Waals surface area contributed by atoms with Gasteiger partial charge in [-0.05, 0) is 23.9 Å². The standard InChI is InChI=1S/C7H9Cl3O/c1-4(2)6(5(8)11)3-7(6,9)10/h4H,3H2,1-2H3/t6-/m1/s1. The van der Waals surface area contributed by atoms with E-state index in [0.717, 1.165) is 0 Å². The summed E-state index contributed by atoms with van der Waals surface area (Å²) in [5, 5.41) is -0.419. The van der Waals surface area contributed by atoms with E-state index in [2.05, 4.69) is 0 Å². The van der Waals surface area contributed by atoms with Crippen molar-refractivity contribution < 1.29 is 4.79 Å². The summed E-state index contributed by atoms with van der Waals surface area (Å²) in [6, 6.07) is 0. The Kier molecular flexibility index (Phi) is 2.20. The van der Waals surface area contributed by atoms with E-state index in [4.69, 9.17) is 34.8 Å². The molecule has 0 radical (unpaired) electrons. The summed E-state index contributed by atoms with van der Waals surface area (Å²) < 4.78 is -0.931. The van der Waals surface area contributed by atoms with Crippen molar-refractivity contribution in [3.05, 3.63) is 0 Å². The van der Waals surface area contributed by atoms with E-state index in [9.17, 15) is 4.79 Å². The molecule has 0 aromatic heterocycles.